The molecule has 0 aromatic heterocycles. The van der Waals surface area contributed by atoms with E-state index in [2.05, 4.69) is 19.1 Å². The molecule has 0 aliphatic carbocycles. The van der Waals surface area contributed by atoms with Gasteiger partial charge in [0.25, 0.3) is 0 Å². The van der Waals surface area contributed by atoms with Gasteiger partial charge in [0.2, 0.25) is 0 Å². The number of carbonyl (C=O) groups excluding carboxylic acids is 1. The lowest BCUT2D eigenvalue weighted by atomic mass is 9.94. The van der Waals surface area contributed by atoms with Crippen LogP contribution in [0.1, 0.15) is 31.7 Å². The largest absolute Gasteiger partial charge is 0.469 e. The molecule has 1 rings (SSSR count). The summed E-state index contributed by atoms with van der Waals surface area (Å²) < 4.78 is 4.84. The van der Waals surface area contributed by atoms with Crippen molar-refractivity contribution in [3.05, 3.63) is 35.9 Å². The third-order valence-electron chi connectivity index (χ3n) is 2.77. The van der Waals surface area contributed by atoms with E-state index in [-0.39, 0.29) is 11.9 Å². The quantitative estimate of drug-likeness (QED) is 0.688. The molecule has 2 nitrogen and oxygen atoms in total. The van der Waals surface area contributed by atoms with Gasteiger partial charge in [0.05, 0.1) is 13.0 Å². The molecule has 2 heteroatoms. The minimum atomic E-state index is -0.0858. The lowest BCUT2D eigenvalue weighted by Crippen LogP contribution is -2.18. The molecule has 1 atom stereocenters. The summed E-state index contributed by atoms with van der Waals surface area (Å²) in [4.78, 5) is 11.6. The molecule has 88 valence electrons. The number of rotatable bonds is 6. The number of benzene rings is 1. The summed E-state index contributed by atoms with van der Waals surface area (Å²) in [6.07, 6.45) is 3.89. The Kier molecular flexibility index (Phi) is 5.62. The van der Waals surface area contributed by atoms with Crippen LogP contribution in [-0.2, 0) is 16.0 Å². The van der Waals surface area contributed by atoms with Crippen LogP contribution in [0, 0.1) is 5.92 Å². The zero-order chi connectivity index (χ0) is 11.8. The number of esters is 1. The van der Waals surface area contributed by atoms with Crippen LogP contribution in [0.15, 0.2) is 30.3 Å². The molecule has 0 heterocycles. The van der Waals surface area contributed by atoms with Crippen molar-refractivity contribution in [3.63, 3.8) is 0 Å². The molecule has 0 radical (unpaired) electrons. The summed E-state index contributed by atoms with van der Waals surface area (Å²) in [7, 11) is 1.46. The van der Waals surface area contributed by atoms with Gasteiger partial charge < -0.3 is 4.74 Å². The summed E-state index contributed by atoms with van der Waals surface area (Å²) >= 11 is 0. The van der Waals surface area contributed by atoms with Crippen LogP contribution < -0.4 is 0 Å². The zero-order valence-corrected chi connectivity index (χ0v) is 10.1. The van der Waals surface area contributed by atoms with Gasteiger partial charge in [0.1, 0.15) is 0 Å². The Hall–Kier alpha value is -1.31. The van der Waals surface area contributed by atoms with Gasteiger partial charge in [0, 0.05) is 0 Å². The molecule has 0 aliphatic rings. The van der Waals surface area contributed by atoms with Crippen LogP contribution in [0.3, 0.4) is 0 Å². The van der Waals surface area contributed by atoms with Crippen LogP contribution >= 0.6 is 0 Å². The number of methoxy groups -OCH3 is 1. The van der Waals surface area contributed by atoms with Crippen molar-refractivity contribution in [1.82, 2.24) is 0 Å². The van der Waals surface area contributed by atoms with E-state index in [1.165, 1.54) is 12.7 Å². The van der Waals surface area contributed by atoms with Crippen molar-refractivity contribution in [2.75, 3.05) is 7.11 Å². The van der Waals surface area contributed by atoms with Crippen molar-refractivity contribution < 1.29 is 9.53 Å². The smallest absolute Gasteiger partial charge is 0.308 e. The number of ether oxygens (including phenoxy) is 1. The van der Waals surface area contributed by atoms with E-state index in [1.54, 1.807) is 0 Å². The van der Waals surface area contributed by atoms with Gasteiger partial charge in [-0.15, -0.1) is 0 Å². The highest BCUT2D eigenvalue weighted by molar-refractivity contribution is 5.72. The Labute approximate surface area is 97.6 Å². The Morgan fingerprint density at radius 2 is 2.00 bits per heavy atom. The molecule has 1 unspecified atom stereocenters. The average Bonchev–Trinajstić information content (AvgIpc) is 2.34. The van der Waals surface area contributed by atoms with Crippen molar-refractivity contribution in [2.45, 2.75) is 32.6 Å². The molecular formula is C14H20O2. The fraction of sp³-hybridized carbons (Fsp3) is 0.500. The number of carbonyl (C=O) groups is 1. The van der Waals surface area contributed by atoms with Crippen LogP contribution in [0.5, 0.6) is 0 Å². The molecule has 0 bridgehead atoms. The second-order valence-corrected chi connectivity index (χ2v) is 4.05. The van der Waals surface area contributed by atoms with Crippen molar-refractivity contribution >= 4 is 5.97 Å². The second-order valence-electron chi connectivity index (χ2n) is 4.05. The maximum Gasteiger partial charge on any atom is 0.308 e. The van der Waals surface area contributed by atoms with E-state index in [1.807, 2.05) is 18.2 Å². The predicted octanol–water partition coefficient (Wildman–Crippen LogP) is 3.21. The van der Waals surface area contributed by atoms with Crippen molar-refractivity contribution in [2.24, 2.45) is 5.92 Å². The molecule has 1 aromatic carbocycles. The molecule has 0 N–H and O–H groups in total. The highest BCUT2D eigenvalue weighted by atomic mass is 16.5. The SMILES string of the molecule is CCCCC(Cc1ccccc1)C(=O)OC. The van der Waals surface area contributed by atoms with Gasteiger partial charge in [-0.05, 0) is 18.4 Å². The van der Waals surface area contributed by atoms with E-state index in [0.29, 0.717) is 0 Å². The Morgan fingerprint density at radius 3 is 2.56 bits per heavy atom. The van der Waals surface area contributed by atoms with E-state index in [4.69, 9.17) is 4.74 Å². The summed E-state index contributed by atoms with van der Waals surface area (Å²) in [5, 5.41) is 0. The highest BCUT2D eigenvalue weighted by Gasteiger charge is 2.18. The first-order valence-corrected chi connectivity index (χ1v) is 5.89. The lowest BCUT2D eigenvalue weighted by molar-refractivity contribution is -0.145. The van der Waals surface area contributed by atoms with Crippen LogP contribution in [0.25, 0.3) is 0 Å². The topological polar surface area (TPSA) is 26.3 Å². The van der Waals surface area contributed by atoms with Gasteiger partial charge >= 0.3 is 5.97 Å². The second kappa shape index (κ2) is 7.04. The summed E-state index contributed by atoms with van der Waals surface area (Å²) in [5.41, 5.74) is 1.20. The standard InChI is InChI=1S/C14H20O2/c1-3-4-10-13(14(15)16-2)11-12-8-6-5-7-9-12/h5-9,13H,3-4,10-11H2,1-2H3. The normalized spacial score (nSPS) is 12.1. The first-order chi connectivity index (χ1) is 7.77. The van der Waals surface area contributed by atoms with E-state index in [9.17, 15) is 4.79 Å². The lowest BCUT2D eigenvalue weighted by Gasteiger charge is -2.14. The average molecular weight is 220 g/mol. The van der Waals surface area contributed by atoms with Gasteiger partial charge in [-0.25, -0.2) is 0 Å². The first-order valence-electron chi connectivity index (χ1n) is 5.89. The molecule has 0 spiro atoms. The fourth-order valence-electron chi connectivity index (χ4n) is 1.82. The van der Waals surface area contributed by atoms with Crippen molar-refractivity contribution in [1.29, 1.82) is 0 Å². The van der Waals surface area contributed by atoms with E-state index < -0.39 is 0 Å². The maximum absolute atomic E-state index is 11.6. The molecule has 0 amide bonds. The van der Waals surface area contributed by atoms with Crippen LogP contribution in [-0.4, -0.2) is 13.1 Å². The fourth-order valence-corrected chi connectivity index (χ4v) is 1.82. The van der Waals surface area contributed by atoms with Gasteiger partial charge in [-0.2, -0.15) is 0 Å². The van der Waals surface area contributed by atoms with Gasteiger partial charge in [0.15, 0.2) is 0 Å². The van der Waals surface area contributed by atoms with Crippen LogP contribution in [0.4, 0.5) is 0 Å². The van der Waals surface area contributed by atoms with Gasteiger partial charge in [-0.3, -0.25) is 4.79 Å². The number of unbranched alkanes of at least 4 members (excludes halogenated alkanes) is 1. The summed E-state index contributed by atoms with van der Waals surface area (Å²) in [5.74, 6) is -0.0790. The summed E-state index contributed by atoms with van der Waals surface area (Å²) in [6, 6.07) is 10.1. The zero-order valence-electron chi connectivity index (χ0n) is 10.1. The third kappa shape index (κ3) is 4.05. The van der Waals surface area contributed by atoms with E-state index >= 15 is 0 Å². The molecule has 0 fully saturated rings. The third-order valence-corrected chi connectivity index (χ3v) is 2.77. The van der Waals surface area contributed by atoms with Crippen LogP contribution in [0.2, 0.25) is 0 Å². The Balaban J connectivity index is 2.59. The highest BCUT2D eigenvalue weighted by Crippen LogP contribution is 2.16. The number of hydrogen-bond acceptors (Lipinski definition) is 2. The number of hydrogen-bond donors (Lipinski definition) is 0. The summed E-state index contributed by atoms with van der Waals surface area (Å²) in [6.45, 7) is 2.14. The van der Waals surface area contributed by atoms with Crippen molar-refractivity contribution in [3.8, 4) is 0 Å². The predicted molar refractivity (Wildman–Crippen MR) is 65.2 cm³/mol. The monoisotopic (exact) mass is 220 g/mol. The molecular weight excluding hydrogens is 200 g/mol. The molecule has 0 aliphatic heterocycles. The first kappa shape index (κ1) is 12.8. The Bertz CT molecular complexity index is 306. The maximum atomic E-state index is 11.6. The Morgan fingerprint density at radius 1 is 1.31 bits per heavy atom. The minimum absolute atomic E-state index is 0.00681. The minimum Gasteiger partial charge on any atom is -0.469 e. The van der Waals surface area contributed by atoms with Gasteiger partial charge in [-0.1, -0.05) is 50.1 Å². The molecule has 1 aromatic rings. The van der Waals surface area contributed by atoms with E-state index in [0.717, 1.165) is 25.7 Å². The molecule has 16 heavy (non-hydrogen) atoms. The molecule has 0 saturated heterocycles. The molecule has 0 saturated carbocycles.